The molecule has 1 aliphatic heterocycles. The number of carbonyl (C=O) groups is 3. The van der Waals surface area contributed by atoms with Gasteiger partial charge in [0.2, 0.25) is 5.91 Å². The van der Waals surface area contributed by atoms with Gasteiger partial charge in [0.05, 0.1) is 5.54 Å². The van der Waals surface area contributed by atoms with E-state index in [-0.39, 0.29) is 18.5 Å². The van der Waals surface area contributed by atoms with Crippen molar-refractivity contribution in [1.82, 2.24) is 20.9 Å². The molecule has 5 N–H and O–H groups in total. The average Bonchev–Trinajstić information content (AvgIpc) is 3.03. The Morgan fingerprint density at radius 3 is 2.51 bits per heavy atom. The smallest absolute Gasteiger partial charge is 0.314 e. The number of nitrogens with zero attached hydrogens (tertiary/aromatic N) is 1. The number of hydrogen-bond donors (Lipinski definition) is 4. The van der Waals surface area contributed by atoms with Crippen molar-refractivity contribution in [1.29, 1.82) is 0 Å². The molecule has 8 nitrogen and oxygen atoms in total. The summed E-state index contributed by atoms with van der Waals surface area (Å²) in [4.78, 5) is 40.1. The van der Waals surface area contributed by atoms with E-state index in [9.17, 15) is 18.8 Å². The van der Waals surface area contributed by atoms with Crippen molar-refractivity contribution in [3.8, 4) is 11.1 Å². The highest BCUT2D eigenvalue weighted by atomic mass is 32.2. The lowest BCUT2D eigenvalue weighted by molar-refractivity contribution is -0.135. The van der Waals surface area contributed by atoms with Crippen LogP contribution in [-0.4, -0.2) is 40.7 Å². The van der Waals surface area contributed by atoms with Crippen LogP contribution in [-0.2, 0) is 29.2 Å². The van der Waals surface area contributed by atoms with Gasteiger partial charge in [-0.3, -0.25) is 9.59 Å². The fourth-order valence-corrected chi connectivity index (χ4v) is 5.29. The summed E-state index contributed by atoms with van der Waals surface area (Å²) >= 11 is 1.12. The SMILES string of the molecule is CNC(=O)NCc1ccccc1-c1ccc(CN2Cc3ccc(F)cc3S[C@@H](NC(=O)C(C)(C)N)C2=O)cc1. The van der Waals surface area contributed by atoms with Gasteiger partial charge in [0.1, 0.15) is 5.82 Å². The zero-order valence-corrected chi connectivity index (χ0v) is 22.9. The van der Waals surface area contributed by atoms with Gasteiger partial charge in [-0.2, -0.15) is 0 Å². The van der Waals surface area contributed by atoms with E-state index in [1.807, 2.05) is 48.5 Å². The monoisotopic (exact) mass is 549 g/mol. The third-order valence-electron chi connectivity index (χ3n) is 6.34. The number of urea groups is 1. The lowest BCUT2D eigenvalue weighted by Gasteiger charge is -2.27. The molecule has 0 radical (unpaired) electrons. The molecule has 204 valence electrons. The molecule has 10 heteroatoms. The summed E-state index contributed by atoms with van der Waals surface area (Å²) < 4.78 is 14.0. The molecule has 4 rings (SSSR count). The number of fused-ring (bicyclic) bond motifs is 1. The van der Waals surface area contributed by atoms with Gasteiger partial charge < -0.3 is 26.6 Å². The number of amides is 4. The third-order valence-corrected chi connectivity index (χ3v) is 7.53. The Morgan fingerprint density at radius 1 is 1.10 bits per heavy atom. The second-order valence-electron chi connectivity index (χ2n) is 9.93. The largest absolute Gasteiger partial charge is 0.341 e. The number of rotatable bonds is 7. The van der Waals surface area contributed by atoms with Crippen molar-refractivity contribution in [3.63, 3.8) is 0 Å². The Labute approximate surface area is 231 Å². The molecule has 0 spiro atoms. The van der Waals surface area contributed by atoms with E-state index in [2.05, 4.69) is 16.0 Å². The van der Waals surface area contributed by atoms with Crippen LogP contribution in [0.5, 0.6) is 0 Å². The van der Waals surface area contributed by atoms with Gasteiger partial charge in [-0.05, 0) is 53.8 Å². The van der Waals surface area contributed by atoms with Crippen LogP contribution in [0.3, 0.4) is 0 Å². The van der Waals surface area contributed by atoms with Crippen LogP contribution >= 0.6 is 11.8 Å². The predicted octanol–water partition coefficient (Wildman–Crippen LogP) is 3.74. The van der Waals surface area contributed by atoms with E-state index < -0.39 is 22.6 Å². The highest BCUT2D eigenvalue weighted by Gasteiger charge is 2.34. The van der Waals surface area contributed by atoms with Crippen molar-refractivity contribution in [3.05, 3.63) is 89.2 Å². The molecule has 3 aromatic carbocycles. The van der Waals surface area contributed by atoms with Crippen molar-refractivity contribution in [2.24, 2.45) is 5.73 Å². The Kier molecular flexibility index (Phi) is 8.57. The second kappa shape index (κ2) is 11.9. The first-order chi connectivity index (χ1) is 18.5. The maximum absolute atomic E-state index is 14.0. The third kappa shape index (κ3) is 6.96. The molecule has 0 saturated carbocycles. The van der Waals surface area contributed by atoms with Crippen LogP contribution in [0.25, 0.3) is 11.1 Å². The number of nitrogens with two attached hydrogens (primary N) is 1. The molecular weight excluding hydrogens is 517 g/mol. The summed E-state index contributed by atoms with van der Waals surface area (Å²) in [6, 6.07) is 19.8. The first-order valence-corrected chi connectivity index (χ1v) is 13.4. The zero-order valence-electron chi connectivity index (χ0n) is 22.1. The minimum absolute atomic E-state index is 0.255. The molecule has 0 aromatic heterocycles. The Morgan fingerprint density at radius 2 is 1.82 bits per heavy atom. The van der Waals surface area contributed by atoms with E-state index in [0.717, 1.165) is 39.6 Å². The van der Waals surface area contributed by atoms with Crippen molar-refractivity contribution < 1.29 is 18.8 Å². The Balaban J connectivity index is 1.56. The van der Waals surface area contributed by atoms with E-state index in [1.165, 1.54) is 12.1 Å². The van der Waals surface area contributed by atoms with Gasteiger partial charge in [-0.25, -0.2) is 9.18 Å². The molecule has 4 amide bonds. The highest BCUT2D eigenvalue weighted by Crippen LogP contribution is 2.33. The first kappa shape index (κ1) is 28.1. The normalized spacial score (nSPS) is 15.3. The van der Waals surface area contributed by atoms with E-state index in [1.54, 1.807) is 31.9 Å². The van der Waals surface area contributed by atoms with E-state index >= 15 is 0 Å². The molecule has 0 aliphatic carbocycles. The number of hydrogen-bond acceptors (Lipinski definition) is 5. The maximum Gasteiger partial charge on any atom is 0.314 e. The van der Waals surface area contributed by atoms with E-state index in [4.69, 9.17) is 5.73 Å². The molecule has 0 saturated heterocycles. The zero-order chi connectivity index (χ0) is 28.2. The van der Waals surface area contributed by atoms with Crippen LogP contribution in [0, 0.1) is 5.82 Å². The summed E-state index contributed by atoms with van der Waals surface area (Å²) in [5.74, 6) is -1.17. The van der Waals surface area contributed by atoms with Gasteiger partial charge in [0.15, 0.2) is 5.37 Å². The van der Waals surface area contributed by atoms with Gasteiger partial charge in [-0.1, -0.05) is 66.4 Å². The lowest BCUT2D eigenvalue weighted by atomic mass is 9.98. The quantitative estimate of drug-likeness (QED) is 0.358. The molecule has 0 bridgehead atoms. The van der Waals surface area contributed by atoms with Gasteiger partial charge in [-0.15, -0.1) is 0 Å². The minimum atomic E-state index is -1.18. The topological polar surface area (TPSA) is 117 Å². The molecule has 1 heterocycles. The number of benzene rings is 3. The molecule has 0 fully saturated rings. The summed E-state index contributed by atoms with van der Waals surface area (Å²) in [6.45, 7) is 4.08. The van der Waals surface area contributed by atoms with E-state index in [0.29, 0.717) is 18.0 Å². The number of nitrogens with one attached hydrogen (secondary N) is 3. The minimum Gasteiger partial charge on any atom is -0.341 e. The predicted molar refractivity (Wildman–Crippen MR) is 150 cm³/mol. The molecule has 39 heavy (non-hydrogen) atoms. The summed E-state index contributed by atoms with van der Waals surface area (Å²) in [5.41, 5.74) is 9.40. The number of carbonyl (C=O) groups excluding carboxylic acids is 3. The van der Waals surface area contributed by atoms with Crippen LogP contribution in [0.15, 0.2) is 71.6 Å². The van der Waals surface area contributed by atoms with Crippen LogP contribution in [0.2, 0.25) is 0 Å². The maximum atomic E-state index is 14.0. The lowest BCUT2D eigenvalue weighted by Crippen LogP contribution is -2.54. The van der Waals surface area contributed by atoms with Crippen LogP contribution < -0.4 is 21.7 Å². The van der Waals surface area contributed by atoms with Crippen LogP contribution in [0.4, 0.5) is 9.18 Å². The average molecular weight is 550 g/mol. The fourth-order valence-electron chi connectivity index (χ4n) is 4.16. The van der Waals surface area contributed by atoms with Crippen molar-refractivity contribution in [2.75, 3.05) is 7.05 Å². The van der Waals surface area contributed by atoms with Gasteiger partial charge >= 0.3 is 6.03 Å². The first-order valence-electron chi connectivity index (χ1n) is 12.5. The molecule has 1 aliphatic rings. The summed E-state index contributed by atoms with van der Waals surface area (Å²) in [6.07, 6.45) is 0. The van der Waals surface area contributed by atoms with Gasteiger partial charge in [0.25, 0.3) is 5.91 Å². The summed E-state index contributed by atoms with van der Waals surface area (Å²) in [7, 11) is 1.57. The number of thioether (sulfide) groups is 1. The molecule has 1 atom stereocenters. The van der Waals surface area contributed by atoms with Crippen molar-refractivity contribution >= 4 is 29.6 Å². The van der Waals surface area contributed by atoms with Gasteiger partial charge in [0, 0.05) is 31.6 Å². The van der Waals surface area contributed by atoms with Crippen molar-refractivity contribution in [2.45, 2.75) is 49.3 Å². The number of halogens is 1. The molecule has 0 unspecified atom stereocenters. The van der Waals surface area contributed by atoms with Crippen LogP contribution in [0.1, 0.15) is 30.5 Å². The Hall–Kier alpha value is -3.89. The second-order valence-corrected chi connectivity index (χ2v) is 11.1. The highest BCUT2D eigenvalue weighted by molar-refractivity contribution is 8.00. The fraction of sp³-hybridized carbons (Fsp3) is 0.276. The molecular formula is C29H32FN5O3S. The standard InChI is InChI=1S/C29H32FN5O3S/c1-29(2,31)27(37)34-25-26(36)35(17-21-12-13-22(30)14-24(21)39-25)16-18-8-10-19(11-9-18)23-7-5-4-6-20(23)15-33-28(38)32-3/h4-14,25H,15-17,31H2,1-3H3,(H,34,37)(H2,32,33,38)/t25-/m1/s1. The molecule has 3 aromatic rings. The summed E-state index contributed by atoms with van der Waals surface area (Å²) in [5, 5.41) is 7.16. The Bertz CT molecular complexity index is 1370.